The molecule has 0 aliphatic carbocycles. The Bertz CT molecular complexity index is 477. The minimum absolute atomic E-state index is 0. The van der Waals surface area contributed by atoms with Crippen LogP contribution in [0, 0.1) is 0 Å². The Hall–Kier alpha value is -0.730. The summed E-state index contributed by atoms with van der Waals surface area (Å²) in [5.74, 6) is 1.05. The van der Waals surface area contributed by atoms with Crippen LogP contribution in [0.3, 0.4) is 0 Å². The maximum Gasteiger partial charge on any atom is 1.00 e. The molecule has 0 radical (unpaired) electrons. The number of rotatable bonds is 22. The Morgan fingerprint density at radius 1 is 0.471 bits per heavy atom. The second-order valence-electron chi connectivity index (χ2n) is 5.05. The summed E-state index contributed by atoms with van der Waals surface area (Å²) in [5.41, 5.74) is 29.5. The van der Waals surface area contributed by atoms with E-state index in [9.17, 15) is 0 Å². The van der Waals surface area contributed by atoms with Gasteiger partial charge in [0.15, 0.2) is 0 Å². The molecule has 192 valence electrons. The van der Waals surface area contributed by atoms with E-state index in [-0.39, 0.29) is 29.6 Å². The first-order chi connectivity index (χ1) is 16.2. The van der Waals surface area contributed by atoms with Crippen LogP contribution >= 0.6 is 23.2 Å². The van der Waals surface area contributed by atoms with Crippen LogP contribution in [0.5, 0.6) is 0 Å². The molecular formula is C16H32Cl2N9NaO6. The largest absolute Gasteiger partial charge is 1.00 e. The van der Waals surface area contributed by atoms with Crippen LogP contribution in [0.25, 0.3) is 36.9 Å². The van der Waals surface area contributed by atoms with E-state index in [1.165, 1.54) is 4.91 Å². The molecule has 18 heteroatoms. The first-order valence-electron chi connectivity index (χ1n) is 9.83. The minimum Gasteiger partial charge on any atom is -0.379 e. The van der Waals surface area contributed by atoms with E-state index in [1.54, 1.807) is 0 Å². The first kappa shape index (κ1) is 40.4. The molecule has 0 N–H and O–H groups in total. The van der Waals surface area contributed by atoms with Crippen LogP contribution in [-0.4, -0.2) is 104 Å². The molecule has 0 heterocycles. The number of hydrogen-bond donors (Lipinski definition) is 0. The molecule has 0 aliphatic rings. The maximum atomic E-state index is 7.98. The average molecular weight is 540 g/mol. The summed E-state index contributed by atoms with van der Waals surface area (Å²) in [6.45, 7) is 6.81. The second kappa shape index (κ2) is 45.7. The zero-order valence-electron chi connectivity index (χ0n) is 19.5. The molecule has 0 aliphatic heterocycles. The zero-order valence-corrected chi connectivity index (χ0v) is 23.1. The number of alkyl halides is 2. The molecule has 0 rings (SSSR count). The maximum absolute atomic E-state index is 7.98. The van der Waals surface area contributed by atoms with Crippen LogP contribution in [0.4, 0.5) is 0 Å². The van der Waals surface area contributed by atoms with E-state index in [2.05, 4.69) is 20.1 Å². The molecule has 0 unspecified atom stereocenters. The van der Waals surface area contributed by atoms with E-state index in [1.807, 2.05) is 0 Å². The van der Waals surface area contributed by atoms with Crippen LogP contribution in [0.1, 0.15) is 0 Å². The van der Waals surface area contributed by atoms with Crippen LogP contribution in [0.2, 0.25) is 0 Å². The molecule has 15 nitrogen and oxygen atoms in total. The SMILES string of the molecule is ClCCOCCOCCOCCCl.[N-]=[N+]=NCCOCCOCCOCCN=[N+]=[N-].[N-]=[N+]=[N-].[Na+]. The van der Waals surface area contributed by atoms with Crippen molar-refractivity contribution in [2.24, 2.45) is 10.2 Å². The van der Waals surface area contributed by atoms with Gasteiger partial charge in [-0.2, -0.15) is 0 Å². The van der Waals surface area contributed by atoms with Crippen molar-refractivity contribution in [1.82, 2.24) is 0 Å². The average Bonchev–Trinajstić information content (AvgIpc) is 2.82. The monoisotopic (exact) mass is 539 g/mol. The summed E-state index contributed by atoms with van der Waals surface area (Å²) >= 11 is 10.8. The first-order valence-corrected chi connectivity index (χ1v) is 10.9. The van der Waals surface area contributed by atoms with Gasteiger partial charge in [0.05, 0.1) is 79.3 Å². The van der Waals surface area contributed by atoms with E-state index in [0.29, 0.717) is 104 Å². The standard InChI is InChI=1S/C8H16Cl2O3.C8H16N6O3.N3.Na/c9-1-3-11-5-7-13-8-6-12-4-2-10;9-13-11-1-3-15-5-7-17-8-6-16-4-2-12-14-10;1-3-2;/h1-8H2;1-8H2;;/q;;-1;+1. The molecule has 0 fully saturated rings. The van der Waals surface area contributed by atoms with Gasteiger partial charge >= 0.3 is 29.6 Å². The Labute approximate surface area is 231 Å². The van der Waals surface area contributed by atoms with Crippen molar-refractivity contribution in [2.45, 2.75) is 0 Å². The molecule has 0 aromatic rings. The fourth-order valence-electron chi connectivity index (χ4n) is 1.49. The molecular weight excluding hydrogens is 508 g/mol. The third-order valence-corrected chi connectivity index (χ3v) is 3.04. The quantitative estimate of drug-likeness (QED) is 0.0488. The van der Waals surface area contributed by atoms with Gasteiger partial charge in [-0.15, -0.1) is 23.2 Å². The van der Waals surface area contributed by atoms with Crippen molar-refractivity contribution in [2.75, 3.05) is 104 Å². The van der Waals surface area contributed by atoms with Gasteiger partial charge in [-0.05, 0) is 11.1 Å². The predicted molar refractivity (Wildman–Crippen MR) is 124 cm³/mol. The van der Waals surface area contributed by atoms with Crippen molar-refractivity contribution < 1.29 is 58.0 Å². The fourth-order valence-corrected chi connectivity index (χ4v) is 1.71. The Morgan fingerprint density at radius 3 is 0.941 bits per heavy atom. The minimum atomic E-state index is 0. The summed E-state index contributed by atoms with van der Waals surface area (Å²) in [4.78, 5) is 6.68. The zero-order chi connectivity index (χ0) is 25.1. The summed E-state index contributed by atoms with van der Waals surface area (Å²) in [6.07, 6.45) is 0. The van der Waals surface area contributed by atoms with Crippen LogP contribution < -0.4 is 29.6 Å². The van der Waals surface area contributed by atoms with Gasteiger partial charge in [-0.1, -0.05) is 10.2 Å². The topological polar surface area (TPSA) is 212 Å². The van der Waals surface area contributed by atoms with Crippen molar-refractivity contribution in [3.05, 3.63) is 36.9 Å². The third-order valence-electron chi connectivity index (χ3n) is 2.73. The van der Waals surface area contributed by atoms with Crippen molar-refractivity contribution in [3.8, 4) is 0 Å². The van der Waals surface area contributed by atoms with E-state index in [0.717, 1.165) is 0 Å². The summed E-state index contributed by atoms with van der Waals surface area (Å²) < 4.78 is 30.8. The summed E-state index contributed by atoms with van der Waals surface area (Å²) in [6, 6.07) is 0. The summed E-state index contributed by atoms with van der Waals surface area (Å²) in [7, 11) is 0. The van der Waals surface area contributed by atoms with Crippen molar-refractivity contribution in [1.29, 1.82) is 0 Å². The van der Waals surface area contributed by atoms with Gasteiger partial charge in [0.1, 0.15) is 0 Å². The van der Waals surface area contributed by atoms with E-state index < -0.39 is 0 Å². The van der Waals surface area contributed by atoms with Crippen LogP contribution in [0.15, 0.2) is 10.2 Å². The number of halogens is 2. The fraction of sp³-hybridized carbons (Fsp3) is 1.00. The molecule has 0 saturated carbocycles. The molecule has 0 saturated heterocycles. The molecule has 0 bridgehead atoms. The van der Waals surface area contributed by atoms with Gasteiger partial charge in [-0.3, -0.25) is 4.91 Å². The van der Waals surface area contributed by atoms with Gasteiger partial charge in [0, 0.05) is 34.7 Å². The Morgan fingerprint density at radius 2 is 0.706 bits per heavy atom. The van der Waals surface area contributed by atoms with Crippen LogP contribution in [-0.2, 0) is 28.4 Å². The molecule has 34 heavy (non-hydrogen) atoms. The van der Waals surface area contributed by atoms with E-state index in [4.69, 9.17) is 73.7 Å². The Balaban J connectivity index is -0.000000237. The number of hydrogen-bond acceptors (Lipinski definition) is 8. The summed E-state index contributed by atoms with van der Waals surface area (Å²) in [5, 5.41) is 6.63. The second-order valence-corrected chi connectivity index (χ2v) is 5.81. The smallest absolute Gasteiger partial charge is 0.379 e. The predicted octanol–water partition coefficient (Wildman–Crippen LogP) is 1.04. The van der Waals surface area contributed by atoms with E-state index >= 15 is 0 Å². The number of azide groups is 2. The molecule has 0 aromatic carbocycles. The van der Waals surface area contributed by atoms with Gasteiger partial charge in [0.2, 0.25) is 0 Å². The number of nitrogens with zero attached hydrogens (tertiary/aromatic N) is 9. The van der Waals surface area contributed by atoms with Gasteiger partial charge < -0.3 is 39.5 Å². The molecule has 0 atom stereocenters. The third kappa shape index (κ3) is 52.9. The van der Waals surface area contributed by atoms with Crippen molar-refractivity contribution >= 4 is 23.2 Å². The van der Waals surface area contributed by atoms with Gasteiger partial charge in [-0.25, -0.2) is 0 Å². The van der Waals surface area contributed by atoms with Gasteiger partial charge in [0.25, 0.3) is 0 Å². The normalized spacial score (nSPS) is 9.00. The number of ether oxygens (including phenoxy) is 6. The molecule has 0 spiro atoms. The Kier molecular flexibility index (Phi) is 54.4. The van der Waals surface area contributed by atoms with Crippen molar-refractivity contribution in [3.63, 3.8) is 0 Å². The molecule has 0 aromatic heterocycles. The molecule has 0 amide bonds.